The highest BCUT2D eigenvalue weighted by Crippen LogP contribution is 2.47. The van der Waals surface area contributed by atoms with Crippen molar-refractivity contribution >= 4 is 50.8 Å². The number of carbonyl (C=O) groups is 1. The summed E-state index contributed by atoms with van der Waals surface area (Å²) in [6.45, 7) is 13.1. The van der Waals surface area contributed by atoms with E-state index in [1.807, 2.05) is 27.0 Å². The van der Waals surface area contributed by atoms with Crippen LogP contribution in [0.5, 0.6) is 5.75 Å². The minimum atomic E-state index is -0.899. The fourth-order valence-electron chi connectivity index (χ4n) is 7.49. The van der Waals surface area contributed by atoms with Crippen LogP contribution >= 0.6 is 11.3 Å². The monoisotopic (exact) mass is 759 g/mol. The quantitative estimate of drug-likeness (QED) is 0.0898. The number of benzene rings is 3. The number of hydrogen-bond acceptors (Lipinski definition) is 8. The van der Waals surface area contributed by atoms with Gasteiger partial charge in [-0.25, -0.2) is 14.2 Å². The molecular weight excluding hydrogens is 714 g/mol. The number of aromatic amines is 1. The van der Waals surface area contributed by atoms with Gasteiger partial charge in [-0.05, 0) is 101 Å². The second-order valence-corrected chi connectivity index (χ2v) is 16.3. The number of carbonyl (C=O) groups excluding carboxylic acids is 1. The van der Waals surface area contributed by atoms with E-state index in [0.717, 1.165) is 74.0 Å². The molecule has 0 saturated carbocycles. The molecular formula is C43H46FN7O3S. The van der Waals surface area contributed by atoms with Crippen molar-refractivity contribution in [1.82, 2.24) is 30.1 Å². The predicted molar refractivity (Wildman–Crippen MR) is 219 cm³/mol. The fraction of sp³-hybridized carbons (Fsp3) is 0.326. The molecule has 3 unspecified atom stereocenters. The van der Waals surface area contributed by atoms with Crippen molar-refractivity contribution in [1.29, 1.82) is 0 Å². The SMILES string of the molecule is C=N/C=C(\NCCNCC(C)F)c1ccc2c(c1)cc1n2C(c2cc3ccccc3s2)Oc2cc(-c3cnc(C4CCCN4C(=O)OC(C)(C)C)[nH]3)ccc2-1. The first-order valence-corrected chi connectivity index (χ1v) is 19.6. The van der Waals surface area contributed by atoms with Gasteiger partial charge in [0.2, 0.25) is 6.23 Å². The lowest BCUT2D eigenvalue weighted by Gasteiger charge is -2.29. The van der Waals surface area contributed by atoms with E-state index in [9.17, 15) is 9.18 Å². The van der Waals surface area contributed by atoms with Crippen LogP contribution in [0, 0.1) is 0 Å². The van der Waals surface area contributed by atoms with Crippen molar-refractivity contribution in [2.24, 2.45) is 4.99 Å². The highest BCUT2D eigenvalue weighted by atomic mass is 32.1. The smallest absolute Gasteiger partial charge is 0.410 e. The molecule has 10 nitrogen and oxygen atoms in total. The summed E-state index contributed by atoms with van der Waals surface area (Å²) in [5.41, 5.74) is 6.11. The van der Waals surface area contributed by atoms with E-state index in [0.29, 0.717) is 26.2 Å². The molecule has 8 rings (SSSR count). The van der Waals surface area contributed by atoms with E-state index >= 15 is 0 Å². The van der Waals surface area contributed by atoms with Gasteiger partial charge in [-0.15, -0.1) is 11.3 Å². The summed E-state index contributed by atoms with van der Waals surface area (Å²) in [6, 6.07) is 25.3. The van der Waals surface area contributed by atoms with Gasteiger partial charge in [0, 0.05) is 53.6 Å². The van der Waals surface area contributed by atoms with E-state index < -0.39 is 18.0 Å². The van der Waals surface area contributed by atoms with Gasteiger partial charge in [-0.3, -0.25) is 14.5 Å². The van der Waals surface area contributed by atoms with Crippen LogP contribution in [0.4, 0.5) is 9.18 Å². The van der Waals surface area contributed by atoms with Crippen LogP contribution in [0.25, 0.3) is 49.2 Å². The molecule has 0 aliphatic carbocycles. The van der Waals surface area contributed by atoms with Gasteiger partial charge < -0.3 is 25.1 Å². The average Bonchev–Trinajstić information content (AvgIpc) is 3.97. The number of thiophene rings is 1. The number of aliphatic imine (C=N–C) groups is 1. The number of H-pyrrole nitrogens is 1. The minimum Gasteiger partial charge on any atom is -0.464 e. The first-order chi connectivity index (χ1) is 26.6. The largest absolute Gasteiger partial charge is 0.464 e. The number of hydrogen-bond donors (Lipinski definition) is 3. The third kappa shape index (κ3) is 7.48. The molecule has 3 atom stereocenters. The fourth-order valence-corrected chi connectivity index (χ4v) is 8.57. The van der Waals surface area contributed by atoms with Crippen LogP contribution < -0.4 is 15.4 Å². The van der Waals surface area contributed by atoms with Crippen molar-refractivity contribution in [2.45, 2.75) is 64.6 Å². The minimum absolute atomic E-state index is 0.176. The van der Waals surface area contributed by atoms with E-state index in [1.54, 1.807) is 29.4 Å². The summed E-state index contributed by atoms with van der Waals surface area (Å²) in [5, 5.41) is 8.80. The van der Waals surface area contributed by atoms with Crippen molar-refractivity contribution in [3.05, 3.63) is 101 Å². The molecule has 0 radical (unpaired) electrons. The molecule has 3 aromatic heterocycles. The number of fused-ring (bicyclic) bond motifs is 6. The Morgan fingerprint density at radius 1 is 1.15 bits per heavy atom. The molecule has 12 heteroatoms. The van der Waals surface area contributed by atoms with E-state index in [-0.39, 0.29) is 12.1 Å². The lowest BCUT2D eigenvalue weighted by atomic mass is 10.0. The van der Waals surface area contributed by atoms with Crippen molar-refractivity contribution in [2.75, 3.05) is 26.2 Å². The molecule has 55 heavy (non-hydrogen) atoms. The molecule has 3 aromatic carbocycles. The standard InChI is InChI=1S/C43H46FN7O3S/c1-26(44)23-46-16-17-47-32(24-45-5)27-13-15-34-30(19-27)20-36-31-14-12-28(21-37(31)53-41(51(34)36)39-22-29-9-6-7-11-38(29)55-39)33-25-48-40(49-33)35-10-8-18-50(35)42(52)54-43(2,3)4/h6-7,9,11-15,19-22,24-26,35,41,46-47H,5,8,10,16-18,23H2,1-4H3,(H,48,49)/b32-24-. The number of halogens is 1. The lowest BCUT2D eigenvalue weighted by Crippen LogP contribution is -2.36. The van der Waals surface area contributed by atoms with Gasteiger partial charge in [-0.2, -0.15) is 0 Å². The van der Waals surface area contributed by atoms with Gasteiger partial charge in [0.1, 0.15) is 23.3 Å². The first kappa shape index (κ1) is 36.5. The number of alkyl halides is 1. The Labute approximate surface area is 324 Å². The molecule has 0 spiro atoms. The zero-order valence-corrected chi connectivity index (χ0v) is 32.4. The number of nitrogens with one attached hydrogen (secondary N) is 3. The lowest BCUT2D eigenvalue weighted by molar-refractivity contribution is 0.0218. The molecule has 0 bridgehead atoms. The second kappa shape index (κ2) is 15.0. The van der Waals surface area contributed by atoms with Crippen LogP contribution in [-0.2, 0) is 4.74 Å². The summed E-state index contributed by atoms with van der Waals surface area (Å²) >= 11 is 1.73. The Morgan fingerprint density at radius 3 is 2.80 bits per heavy atom. The summed E-state index contributed by atoms with van der Waals surface area (Å²) in [4.78, 5) is 28.2. The molecule has 1 fully saturated rings. The summed E-state index contributed by atoms with van der Waals surface area (Å²) < 4.78 is 29.5. The maximum Gasteiger partial charge on any atom is 0.410 e. The summed E-state index contributed by atoms with van der Waals surface area (Å²) in [7, 11) is 0. The van der Waals surface area contributed by atoms with E-state index in [4.69, 9.17) is 14.5 Å². The molecule has 2 aliphatic rings. The molecule has 1 amide bonds. The molecule has 6 aromatic rings. The molecule has 3 N–H and O–H groups in total. The van der Waals surface area contributed by atoms with Gasteiger partial charge in [0.15, 0.2) is 0 Å². The number of ether oxygens (including phenoxy) is 2. The topological polar surface area (TPSA) is 109 Å². The van der Waals surface area contributed by atoms with Gasteiger partial charge in [-0.1, -0.05) is 30.3 Å². The maximum atomic E-state index is 13.3. The van der Waals surface area contributed by atoms with E-state index in [2.05, 4.69) is 105 Å². The summed E-state index contributed by atoms with van der Waals surface area (Å²) in [5.74, 6) is 1.52. The van der Waals surface area contributed by atoms with Crippen LogP contribution in [0.3, 0.4) is 0 Å². The van der Waals surface area contributed by atoms with Gasteiger partial charge in [0.25, 0.3) is 0 Å². The van der Waals surface area contributed by atoms with E-state index in [1.165, 1.54) is 10.1 Å². The number of likely N-dealkylation sites (tertiary alicyclic amines) is 1. The van der Waals surface area contributed by atoms with Gasteiger partial charge >= 0.3 is 6.09 Å². The maximum absolute atomic E-state index is 13.3. The molecule has 5 heterocycles. The first-order valence-electron chi connectivity index (χ1n) is 18.8. The van der Waals surface area contributed by atoms with Crippen LogP contribution in [0.1, 0.15) is 69.1 Å². The molecule has 1 saturated heterocycles. The Balaban J connectivity index is 1.14. The van der Waals surface area contributed by atoms with Crippen LogP contribution in [0.2, 0.25) is 0 Å². The van der Waals surface area contributed by atoms with Crippen molar-refractivity contribution in [3.63, 3.8) is 0 Å². The normalized spacial score (nSPS) is 17.5. The van der Waals surface area contributed by atoms with Crippen molar-refractivity contribution < 1.29 is 18.7 Å². The third-order valence-electron chi connectivity index (χ3n) is 9.93. The summed E-state index contributed by atoms with van der Waals surface area (Å²) in [6.07, 6.45) is 3.64. The Kier molecular flexibility index (Phi) is 9.95. The number of rotatable bonds is 11. The predicted octanol–water partition coefficient (Wildman–Crippen LogP) is 9.46. The Hall–Kier alpha value is -5.46. The number of amides is 1. The highest BCUT2D eigenvalue weighted by Gasteiger charge is 2.35. The van der Waals surface area contributed by atoms with Crippen LogP contribution in [-0.4, -0.2) is 70.2 Å². The zero-order valence-electron chi connectivity index (χ0n) is 31.6. The molecule has 2 aliphatic heterocycles. The Bertz CT molecular complexity index is 2370. The number of imidazole rings is 1. The van der Waals surface area contributed by atoms with Crippen molar-refractivity contribution in [3.8, 4) is 28.3 Å². The average molecular weight is 760 g/mol. The zero-order chi connectivity index (χ0) is 38.3. The number of nitrogens with zero attached hydrogens (tertiary/aromatic N) is 4. The van der Waals surface area contributed by atoms with Crippen LogP contribution in [0.15, 0.2) is 90.2 Å². The highest BCUT2D eigenvalue weighted by molar-refractivity contribution is 7.19. The third-order valence-corrected chi connectivity index (χ3v) is 11.1. The molecule has 284 valence electrons. The number of aromatic nitrogens is 3. The second-order valence-electron chi connectivity index (χ2n) is 15.2. The Morgan fingerprint density at radius 2 is 2.00 bits per heavy atom. The van der Waals surface area contributed by atoms with Gasteiger partial charge in [0.05, 0.1) is 39.7 Å².